The van der Waals surface area contributed by atoms with E-state index in [-0.39, 0.29) is 0 Å². The zero-order chi connectivity index (χ0) is 14.7. The summed E-state index contributed by atoms with van der Waals surface area (Å²) in [6.45, 7) is 5.73. The lowest BCUT2D eigenvalue weighted by Gasteiger charge is -2.32. The molecular weight excluding hydrogens is 258 g/mol. The molecule has 2 unspecified atom stereocenters. The monoisotopic (exact) mass is 289 g/mol. The molecule has 1 aliphatic carbocycles. The highest BCUT2D eigenvalue weighted by Gasteiger charge is 2.32. The Kier molecular flexibility index (Phi) is 5.02. The largest absolute Gasteiger partial charge is 0.354 e. The first kappa shape index (κ1) is 15.1. The number of rotatable bonds is 7. The number of aryl methyl sites for hydroxylation is 1. The Morgan fingerprint density at radius 2 is 2.14 bits per heavy atom. The maximum absolute atomic E-state index is 3.67. The molecule has 0 amide bonds. The highest BCUT2D eigenvalue weighted by molar-refractivity contribution is 5.18. The van der Waals surface area contributed by atoms with Gasteiger partial charge in [-0.1, -0.05) is 13.3 Å². The summed E-state index contributed by atoms with van der Waals surface area (Å²) in [6, 6.07) is 3.71. The molecule has 2 heterocycles. The maximum atomic E-state index is 3.67. The molecule has 118 valence electrons. The fourth-order valence-electron chi connectivity index (χ4n) is 3.80. The molecule has 1 aromatic rings. The van der Waals surface area contributed by atoms with Crippen LogP contribution in [0.25, 0.3) is 0 Å². The smallest absolute Gasteiger partial charge is 0.0363 e. The van der Waals surface area contributed by atoms with Gasteiger partial charge in [-0.05, 0) is 69.8 Å². The van der Waals surface area contributed by atoms with Crippen LogP contribution in [0.4, 0.5) is 0 Å². The third-order valence-electron chi connectivity index (χ3n) is 5.29. The van der Waals surface area contributed by atoms with Crippen molar-refractivity contribution in [1.29, 1.82) is 0 Å². The number of piperidine rings is 1. The standard InChI is InChI=1S/C18H31N3/c1-3-19-18(15-7-8-15)16-9-12-21(14-16)13-10-17-6-4-5-11-20(17)2/h9,12,14-15,17-19H,3-8,10-11,13H2,1-2H3. The van der Waals surface area contributed by atoms with Crippen molar-refractivity contribution >= 4 is 0 Å². The number of nitrogens with one attached hydrogen (secondary N) is 1. The van der Waals surface area contributed by atoms with Crippen molar-refractivity contribution < 1.29 is 0 Å². The van der Waals surface area contributed by atoms with Crippen LogP contribution in [0.1, 0.15) is 57.1 Å². The summed E-state index contributed by atoms with van der Waals surface area (Å²) in [5.41, 5.74) is 1.50. The first-order valence-electron chi connectivity index (χ1n) is 8.87. The van der Waals surface area contributed by atoms with E-state index in [1.54, 1.807) is 0 Å². The molecule has 1 saturated carbocycles. The van der Waals surface area contributed by atoms with E-state index in [0.29, 0.717) is 6.04 Å². The molecule has 0 aromatic carbocycles. The second-order valence-corrected chi connectivity index (χ2v) is 6.97. The lowest BCUT2D eigenvalue weighted by atomic mass is 10.0. The number of aromatic nitrogens is 1. The Hall–Kier alpha value is -0.800. The normalized spacial score (nSPS) is 25.1. The molecule has 3 rings (SSSR count). The van der Waals surface area contributed by atoms with Gasteiger partial charge >= 0.3 is 0 Å². The molecule has 1 aromatic heterocycles. The van der Waals surface area contributed by atoms with Crippen LogP contribution in [0.15, 0.2) is 18.5 Å². The van der Waals surface area contributed by atoms with Crippen molar-refractivity contribution in [3.8, 4) is 0 Å². The summed E-state index contributed by atoms with van der Waals surface area (Å²) >= 11 is 0. The Bertz CT molecular complexity index is 435. The van der Waals surface area contributed by atoms with Crippen LogP contribution in [-0.4, -0.2) is 35.6 Å². The molecule has 2 atom stereocenters. The Labute approximate surface area is 129 Å². The first-order chi connectivity index (χ1) is 10.3. The van der Waals surface area contributed by atoms with E-state index in [4.69, 9.17) is 0 Å². The molecule has 3 nitrogen and oxygen atoms in total. The third-order valence-corrected chi connectivity index (χ3v) is 5.29. The topological polar surface area (TPSA) is 20.2 Å². The minimum Gasteiger partial charge on any atom is -0.354 e. The molecule has 2 fully saturated rings. The van der Waals surface area contributed by atoms with E-state index in [9.17, 15) is 0 Å². The van der Waals surface area contributed by atoms with Gasteiger partial charge < -0.3 is 14.8 Å². The summed E-state index contributed by atoms with van der Waals surface area (Å²) in [7, 11) is 2.29. The van der Waals surface area contributed by atoms with Gasteiger partial charge in [0.15, 0.2) is 0 Å². The van der Waals surface area contributed by atoms with E-state index in [0.717, 1.165) is 18.5 Å². The van der Waals surface area contributed by atoms with Crippen LogP contribution in [0.2, 0.25) is 0 Å². The summed E-state index contributed by atoms with van der Waals surface area (Å²) in [6.07, 6.45) is 12.9. The second kappa shape index (κ2) is 6.97. The summed E-state index contributed by atoms with van der Waals surface area (Å²) < 4.78 is 2.41. The van der Waals surface area contributed by atoms with Gasteiger partial charge in [-0.2, -0.15) is 0 Å². The zero-order valence-electron chi connectivity index (χ0n) is 13.7. The molecule has 3 heteroatoms. The minimum absolute atomic E-state index is 0.591. The van der Waals surface area contributed by atoms with Crippen molar-refractivity contribution in [3.05, 3.63) is 24.0 Å². The molecule has 0 spiro atoms. The van der Waals surface area contributed by atoms with Gasteiger partial charge in [0.1, 0.15) is 0 Å². The number of likely N-dealkylation sites (tertiary alicyclic amines) is 1. The van der Waals surface area contributed by atoms with Crippen molar-refractivity contribution in [3.63, 3.8) is 0 Å². The predicted octanol–water partition coefficient (Wildman–Crippen LogP) is 3.42. The number of hydrogen-bond donors (Lipinski definition) is 1. The van der Waals surface area contributed by atoms with E-state index in [1.165, 1.54) is 57.2 Å². The van der Waals surface area contributed by atoms with E-state index in [2.05, 4.69) is 47.2 Å². The molecule has 0 radical (unpaired) electrons. The lowest BCUT2D eigenvalue weighted by Crippen LogP contribution is -2.36. The number of hydrogen-bond acceptors (Lipinski definition) is 2. The fraction of sp³-hybridized carbons (Fsp3) is 0.778. The molecule has 21 heavy (non-hydrogen) atoms. The third kappa shape index (κ3) is 3.89. The molecule has 1 saturated heterocycles. The molecule has 1 N–H and O–H groups in total. The van der Waals surface area contributed by atoms with Crippen molar-refractivity contribution in [2.75, 3.05) is 20.1 Å². The minimum atomic E-state index is 0.591. The summed E-state index contributed by atoms with van der Waals surface area (Å²) in [5.74, 6) is 0.880. The van der Waals surface area contributed by atoms with Crippen molar-refractivity contribution in [2.24, 2.45) is 5.92 Å². The van der Waals surface area contributed by atoms with Crippen LogP contribution in [0.3, 0.4) is 0 Å². The Morgan fingerprint density at radius 1 is 1.29 bits per heavy atom. The van der Waals surface area contributed by atoms with Gasteiger partial charge in [0, 0.05) is 31.0 Å². The van der Waals surface area contributed by atoms with Gasteiger partial charge in [0.25, 0.3) is 0 Å². The van der Waals surface area contributed by atoms with Gasteiger partial charge in [-0.25, -0.2) is 0 Å². The SMILES string of the molecule is CCNC(c1ccn(CCC2CCCCN2C)c1)C1CC1. The average Bonchev–Trinajstić information content (AvgIpc) is 3.22. The molecular formula is C18H31N3. The van der Waals surface area contributed by atoms with Gasteiger partial charge in [-0.15, -0.1) is 0 Å². The molecule has 0 bridgehead atoms. The highest BCUT2D eigenvalue weighted by atomic mass is 15.1. The second-order valence-electron chi connectivity index (χ2n) is 6.97. The molecule has 2 aliphatic rings. The van der Waals surface area contributed by atoms with E-state index < -0.39 is 0 Å². The van der Waals surface area contributed by atoms with Gasteiger partial charge in [0.2, 0.25) is 0 Å². The maximum Gasteiger partial charge on any atom is 0.0363 e. The highest BCUT2D eigenvalue weighted by Crippen LogP contribution is 2.41. The van der Waals surface area contributed by atoms with Crippen LogP contribution in [-0.2, 0) is 6.54 Å². The number of nitrogens with zero attached hydrogens (tertiary/aromatic N) is 2. The van der Waals surface area contributed by atoms with Gasteiger partial charge in [0.05, 0.1) is 0 Å². The van der Waals surface area contributed by atoms with Gasteiger partial charge in [-0.3, -0.25) is 0 Å². The van der Waals surface area contributed by atoms with Crippen LogP contribution in [0.5, 0.6) is 0 Å². The predicted molar refractivity (Wildman–Crippen MR) is 88.5 cm³/mol. The van der Waals surface area contributed by atoms with Crippen molar-refractivity contribution in [1.82, 2.24) is 14.8 Å². The zero-order valence-corrected chi connectivity index (χ0v) is 13.7. The van der Waals surface area contributed by atoms with Crippen LogP contribution < -0.4 is 5.32 Å². The Morgan fingerprint density at radius 3 is 2.86 bits per heavy atom. The summed E-state index contributed by atoms with van der Waals surface area (Å²) in [5, 5.41) is 3.67. The fourth-order valence-corrected chi connectivity index (χ4v) is 3.80. The quantitative estimate of drug-likeness (QED) is 0.830. The first-order valence-corrected chi connectivity index (χ1v) is 8.87. The summed E-state index contributed by atoms with van der Waals surface area (Å²) in [4.78, 5) is 2.56. The van der Waals surface area contributed by atoms with Crippen LogP contribution >= 0.6 is 0 Å². The Balaban J connectivity index is 1.54. The van der Waals surface area contributed by atoms with Crippen molar-refractivity contribution in [2.45, 2.75) is 64.1 Å². The lowest BCUT2D eigenvalue weighted by molar-refractivity contribution is 0.171. The van der Waals surface area contributed by atoms with E-state index >= 15 is 0 Å². The molecule has 1 aliphatic heterocycles. The van der Waals surface area contributed by atoms with E-state index in [1.807, 2.05) is 0 Å². The average molecular weight is 289 g/mol. The van der Waals surface area contributed by atoms with Crippen LogP contribution in [0, 0.1) is 5.92 Å².